The van der Waals surface area contributed by atoms with Crippen LogP contribution in [-0.2, 0) is 5.54 Å². The third kappa shape index (κ3) is 4.05. The Balaban J connectivity index is 1.97. The Morgan fingerprint density at radius 1 is 1.28 bits per heavy atom. The number of piperidine rings is 1. The average molecular weight is 361 g/mol. The second kappa shape index (κ2) is 7.18. The number of halogens is 1. The molecule has 0 radical (unpaired) electrons. The van der Waals surface area contributed by atoms with Crippen LogP contribution in [0.1, 0.15) is 44.0 Å². The van der Waals surface area contributed by atoms with Gasteiger partial charge in [-0.2, -0.15) is 5.10 Å². The van der Waals surface area contributed by atoms with E-state index < -0.39 is 0 Å². The minimum absolute atomic E-state index is 0.0858. The molecule has 0 unspecified atom stereocenters. The van der Waals surface area contributed by atoms with Gasteiger partial charge in [-0.05, 0) is 52.8 Å². The molecule has 0 saturated carbocycles. The van der Waals surface area contributed by atoms with Gasteiger partial charge in [0.1, 0.15) is 5.69 Å². The van der Waals surface area contributed by atoms with Crippen molar-refractivity contribution in [2.75, 3.05) is 13.1 Å². The van der Waals surface area contributed by atoms with Gasteiger partial charge >= 0.3 is 0 Å². The molecule has 5 nitrogen and oxygen atoms in total. The standard InChI is InChI=1S/C19H25ClN4O/c1-19(2,3)24-12-15(18(25)22-13-8-10-21-11-9-13)17(23-24)14-6-4-5-7-16(14)20/h4-7,12-13,21H,8-11H2,1-3H3,(H,22,25). The Kier molecular flexibility index (Phi) is 5.16. The zero-order valence-corrected chi connectivity index (χ0v) is 15.7. The van der Waals surface area contributed by atoms with Crippen LogP contribution < -0.4 is 10.6 Å². The van der Waals surface area contributed by atoms with Crippen molar-refractivity contribution in [2.45, 2.75) is 45.2 Å². The lowest BCUT2D eigenvalue weighted by atomic mass is 10.0. The van der Waals surface area contributed by atoms with Crippen molar-refractivity contribution >= 4 is 17.5 Å². The lowest BCUT2D eigenvalue weighted by Gasteiger charge is -2.23. The van der Waals surface area contributed by atoms with Gasteiger partial charge in [0.15, 0.2) is 0 Å². The average Bonchev–Trinajstić information content (AvgIpc) is 3.02. The van der Waals surface area contributed by atoms with E-state index in [1.807, 2.05) is 35.1 Å². The molecule has 2 N–H and O–H groups in total. The molecule has 134 valence electrons. The van der Waals surface area contributed by atoms with Crippen LogP contribution >= 0.6 is 11.6 Å². The maximum Gasteiger partial charge on any atom is 0.255 e. The van der Waals surface area contributed by atoms with E-state index in [4.69, 9.17) is 11.6 Å². The minimum atomic E-state index is -0.219. The third-order valence-corrected chi connectivity index (χ3v) is 4.78. The zero-order valence-electron chi connectivity index (χ0n) is 15.0. The van der Waals surface area contributed by atoms with E-state index in [1.54, 1.807) is 0 Å². The van der Waals surface area contributed by atoms with E-state index in [2.05, 4.69) is 36.5 Å². The molecule has 0 spiro atoms. The van der Waals surface area contributed by atoms with Gasteiger partial charge in [0, 0.05) is 17.8 Å². The smallest absolute Gasteiger partial charge is 0.255 e. The first-order valence-corrected chi connectivity index (χ1v) is 9.10. The fourth-order valence-electron chi connectivity index (χ4n) is 2.97. The highest BCUT2D eigenvalue weighted by Gasteiger charge is 2.25. The number of nitrogens with zero attached hydrogens (tertiary/aromatic N) is 2. The molecule has 3 rings (SSSR count). The molecule has 2 heterocycles. The number of amides is 1. The third-order valence-electron chi connectivity index (χ3n) is 4.45. The molecule has 0 bridgehead atoms. The topological polar surface area (TPSA) is 59.0 Å². The summed E-state index contributed by atoms with van der Waals surface area (Å²) >= 11 is 6.36. The summed E-state index contributed by atoms with van der Waals surface area (Å²) in [6.07, 6.45) is 3.72. The highest BCUT2D eigenvalue weighted by atomic mass is 35.5. The summed E-state index contributed by atoms with van der Waals surface area (Å²) in [6.45, 7) is 8.05. The maximum atomic E-state index is 12.9. The summed E-state index contributed by atoms with van der Waals surface area (Å²) < 4.78 is 1.84. The van der Waals surface area contributed by atoms with Crippen molar-refractivity contribution < 1.29 is 4.79 Å². The number of hydrogen-bond acceptors (Lipinski definition) is 3. The van der Waals surface area contributed by atoms with E-state index in [9.17, 15) is 4.79 Å². The van der Waals surface area contributed by atoms with Crippen LogP contribution in [0.5, 0.6) is 0 Å². The monoisotopic (exact) mass is 360 g/mol. The molecule has 0 atom stereocenters. The van der Waals surface area contributed by atoms with Gasteiger partial charge in [-0.1, -0.05) is 29.8 Å². The van der Waals surface area contributed by atoms with Crippen LogP contribution in [0, 0.1) is 0 Å². The van der Waals surface area contributed by atoms with Gasteiger partial charge in [-0.3, -0.25) is 9.48 Å². The molecule has 0 aliphatic carbocycles. The summed E-state index contributed by atoms with van der Waals surface area (Å²) in [5.74, 6) is -0.0858. The molecular formula is C19H25ClN4O. The van der Waals surface area contributed by atoms with Gasteiger partial charge in [-0.15, -0.1) is 0 Å². The lowest BCUT2D eigenvalue weighted by Crippen LogP contribution is -2.42. The predicted molar refractivity (Wildman–Crippen MR) is 101 cm³/mol. The van der Waals surface area contributed by atoms with Gasteiger partial charge in [0.2, 0.25) is 0 Å². The molecule has 6 heteroatoms. The fraction of sp³-hybridized carbons (Fsp3) is 0.474. The Morgan fingerprint density at radius 2 is 1.96 bits per heavy atom. The summed E-state index contributed by atoms with van der Waals surface area (Å²) in [7, 11) is 0. The summed E-state index contributed by atoms with van der Waals surface area (Å²) in [4.78, 5) is 12.9. The Bertz CT molecular complexity index is 757. The van der Waals surface area contributed by atoms with Crippen molar-refractivity contribution in [1.29, 1.82) is 0 Å². The first-order chi connectivity index (χ1) is 11.9. The Hall–Kier alpha value is -1.85. The first kappa shape index (κ1) is 18.0. The maximum absolute atomic E-state index is 12.9. The number of hydrogen-bond donors (Lipinski definition) is 2. The van der Waals surface area contributed by atoms with Crippen LogP contribution in [0.4, 0.5) is 0 Å². The molecule has 1 aliphatic rings. The van der Waals surface area contributed by atoms with Gasteiger partial charge in [-0.25, -0.2) is 0 Å². The van der Waals surface area contributed by atoms with Gasteiger partial charge in [0.05, 0.1) is 16.1 Å². The van der Waals surface area contributed by atoms with Crippen molar-refractivity contribution in [2.24, 2.45) is 0 Å². The Labute approximate surface area is 153 Å². The first-order valence-electron chi connectivity index (χ1n) is 8.73. The molecule has 1 saturated heterocycles. The minimum Gasteiger partial charge on any atom is -0.349 e. The number of rotatable bonds is 3. The highest BCUT2D eigenvalue weighted by Crippen LogP contribution is 2.30. The van der Waals surface area contributed by atoms with Crippen molar-refractivity contribution in [3.05, 3.63) is 41.0 Å². The van der Waals surface area contributed by atoms with E-state index in [0.29, 0.717) is 16.3 Å². The van der Waals surface area contributed by atoms with Crippen LogP contribution in [-0.4, -0.2) is 34.8 Å². The second-order valence-corrected chi connectivity index (χ2v) is 7.89. The number of nitrogens with one attached hydrogen (secondary N) is 2. The van der Waals surface area contributed by atoms with Crippen LogP contribution in [0.25, 0.3) is 11.3 Å². The Morgan fingerprint density at radius 3 is 2.60 bits per heavy atom. The van der Waals surface area contributed by atoms with Gasteiger partial charge in [0.25, 0.3) is 5.91 Å². The quantitative estimate of drug-likeness (QED) is 0.881. The summed E-state index contributed by atoms with van der Waals surface area (Å²) in [5.41, 5.74) is 1.76. The summed E-state index contributed by atoms with van der Waals surface area (Å²) in [6, 6.07) is 7.71. The molecule has 1 aliphatic heterocycles. The molecule has 1 aromatic carbocycles. The zero-order chi connectivity index (χ0) is 18.0. The molecule has 1 aromatic heterocycles. The van der Waals surface area contributed by atoms with E-state index in [0.717, 1.165) is 31.5 Å². The van der Waals surface area contributed by atoms with E-state index in [-0.39, 0.29) is 17.5 Å². The number of carbonyl (C=O) groups excluding carboxylic acids is 1. The molecular weight excluding hydrogens is 336 g/mol. The summed E-state index contributed by atoms with van der Waals surface area (Å²) in [5, 5.41) is 11.7. The second-order valence-electron chi connectivity index (χ2n) is 7.48. The van der Waals surface area contributed by atoms with Crippen molar-refractivity contribution in [3.63, 3.8) is 0 Å². The molecule has 2 aromatic rings. The number of benzene rings is 1. The van der Waals surface area contributed by atoms with Gasteiger partial charge < -0.3 is 10.6 Å². The van der Waals surface area contributed by atoms with Crippen LogP contribution in [0.15, 0.2) is 30.5 Å². The predicted octanol–water partition coefficient (Wildman–Crippen LogP) is 3.44. The van der Waals surface area contributed by atoms with Crippen LogP contribution in [0.2, 0.25) is 5.02 Å². The van der Waals surface area contributed by atoms with E-state index in [1.165, 1.54) is 0 Å². The van der Waals surface area contributed by atoms with Crippen LogP contribution in [0.3, 0.4) is 0 Å². The molecule has 25 heavy (non-hydrogen) atoms. The normalized spacial score (nSPS) is 16.0. The fourth-order valence-corrected chi connectivity index (χ4v) is 3.19. The number of aromatic nitrogens is 2. The van der Waals surface area contributed by atoms with Crippen molar-refractivity contribution in [3.8, 4) is 11.3 Å². The lowest BCUT2D eigenvalue weighted by molar-refractivity contribution is 0.0930. The molecule has 1 fully saturated rings. The number of carbonyl (C=O) groups is 1. The highest BCUT2D eigenvalue weighted by molar-refractivity contribution is 6.33. The van der Waals surface area contributed by atoms with Crippen molar-refractivity contribution in [1.82, 2.24) is 20.4 Å². The molecule has 1 amide bonds. The largest absolute Gasteiger partial charge is 0.349 e. The SMILES string of the molecule is CC(C)(C)n1cc(C(=O)NC2CCNCC2)c(-c2ccccc2Cl)n1. The van der Waals surface area contributed by atoms with E-state index >= 15 is 0 Å².